The molecule has 0 saturated heterocycles. The van der Waals surface area contributed by atoms with Crippen molar-refractivity contribution in [1.29, 1.82) is 0 Å². The Morgan fingerprint density at radius 2 is 2.12 bits per heavy atom. The summed E-state index contributed by atoms with van der Waals surface area (Å²) in [5.74, 6) is 0. The molecule has 86 valence electrons. The van der Waals surface area contributed by atoms with Crippen LogP contribution in [-0.4, -0.2) is 11.5 Å². The quantitative estimate of drug-likeness (QED) is 0.849. The molecular weight excluding hydrogens is 212 g/mol. The topological polar surface area (TPSA) is 36.1 Å². The first-order valence-electron chi connectivity index (χ1n) is 5.83. The zero-order chi connectivity index (χ0) is 11.7. The molecule has 17 heavy (non-hydrogen) atoms. The number of nitrogens with zero attached hydrogens (tertiary/aromatic N) is 1. The maximum Gasteiger partial charge on any atom is 0.248 e. The highest BCUT2D eigenvalue weighted by Crippen LogP contribution is 2.28. The highest BCUT2D eigenvalue weighted by atomic mass is 16.1. The molecular formula is C14H14N2O. The Morgan fingerprint density at radius 3 is 3.00 bits per heavy atom. The van der Waals surface area contributed by atoms with Crippen molar-refractivity contribution in [3.63, 3.8) is 0 Å². The van der Waals surface area contributed by atoms with Crippen LogP contribution in [0.2, 0.25) is 0 Å². The van der Waals surface area contributed by atoms with Gasteiger partial charge in [-0.15, -0.1) is 0 Å². The molecule has 0 saturated carbocycles. The second kappa shape index (κ2) is 4.09. The van der Waals surface area contributed by atoms with E-state index in [0.29, 0.717) is 0 Å². The van der Waals surface area contributed by atoms with Crippen LogP contribution in [0.1, 0.15) is 11.1 Å². The van der Waals surface area contributed by atoms with Crippen molar-refractivity contribution in [1.82, 2.24) is 4.98 Å². The minimum absolute atomic E-state index is 0.0324. The van der Waals surface area contributed by atoms with Crippen LogP contribution in [0, 0.1) is 0 Å². The van der Waals surface area contributed by atoms with Gasteiger partial charge in [-0.2, -0.15) is 0 Å². The van der Waals surface area contributed by atoms with Crippen molar-refractivity contribution in [2.75, 3.05) is 11.4 Å². The van der Waals surface area contributed by atoms with Crippen LogP contribution in [-0.2, 0) is 13.0 Å². The summed E-state index contributed by atoms with van der Waals surface area (Å²) in [6.45, 7) is 1.84. The number of pyridine rings is 1. The molecule has 1 aliphatic heterocycles. The van der Waals surface area contributed by atoms with Gasteiger partial charge in [0, 0.05) is 31.0 Å². The van der Waals surface area contributed by atoms with E-state index in [4.69, 9.17) is 0 Å². The van der Waals surface area contributed by atoms with E-state index in [9.17, 15) is 4.79 Å². The predicted octanol–water partition coefficient (Wildman–Crippen LogP) is 1.94. The Labute approximate surface area is 99.7 Å². The normalized spacial score (nSPS) is 13.8. The van der Waals surface area contributed by atoms with E-state index in [1.165, 1.54) is 11.3 Å². The average Bonchev–Trinajstić information content (AvgIpc) is 2.73. The molecule has 0 unspecified atom stereocenters. The van der Waals surface area contributed by atoms with Gasteiger partial charge in [0.2, 0.25) is 5.56 Å². The number of aromatic amines is 1. The van der Waals surface area contributed by atoms with Crippen molar-refractivity contribution in [3.8, 4) is 0 Å². The van der Waals surface area contributed by atoms with E-state index >= 15 is 0 Å². The van der Waals surface area contributed by atoms with Crippen molar-refractivity contribution < 1.29 is 0 Å². The van der Waals surface area contributed by atoms with Crippen molar-refractivity contribution in [2.45, 2.75) is 13.0 Å². The number of hydrogen-bond donors (Lipinski definition) is 1. The van der Waals surface area contributed by atoms with E-state index in [2.05, 4.69) is 34.1 Å². The first-order chi connectivity index (χ1) is 8.33. The molecule has 0 bridgehead atoms. The monoisotopic (exact) mass is 226 g/mol. The maximum atomic E-state index is 11.2. The third-order valence-corrected chi connectivity index (χ3v) is 3.20. The Morgan fingerprint density at radius 1 is 1.24 bits per heavy atom. The van der Waals surface area contributed by atoms with E-state index < -0.39 is 0 Å². The number of hydrogen-bond acceptors (Lipinski definition) is 2. The van der Waals surface area contributed by atoms with Gasteiger partial charge in [-0.05, 0) is 29.7 Å². The van der Waals surface area contributed by atoms with Gasteiger partial charge in [0.25, 0.3) is 0 Å². The molecule has 0 fully saturated rings. The summed E-state index contributed by atoms with van der Waals surface area (Å²) in [4.78, 5) is 16.2. The number of H-pyrrole nitrogens is 1. The number of aromatic nitrogens is 1. The lowest BCUT2D eigenvalue weighted by Gasteiger charge is -2.19. The molecule has 0 aliphatic carbocycles. The summed E-state index contributed by atoms with van der Waals surface area (Å²) in [5.41, 5.74) is 3.73. The SMILES string of the molecule is O=c1cc(CN2CCc3ccccc32)cc[nH]1. The van der Waals surface area contributed by atoms with Gasteiger partial charge in [0.1, 0.15) is 0 Å². The Kier molecular flexibility index (Phi) is 2.44. The van der Waals surface area contributed by atoms with Crippen molar-refractivity contribution >= 4 is 5.69 Å². The third-order valence-electron chi connectivity index (χ3n) is 3.20. The second-order valence-corrected chi connectivity index (χ2v) is 4.36. The molecule has 0 atom stereocenters. The summed E-state index contributed by atoms with van der Waals surface area (Å²) in [6, 6.07) is 12.1. The predicted molar refractivity (Wildman–Crippen MR) is 68.3 cm³/mol. The molecule has 2 heterocycles. The van der Waals surface area contributed by atoms with Gasteiger partial charge >= 0.3 is 0 Å². The number of rotatable bonds is 2. The standard InChI is InChI=1S/C14H14N2O/c17-14-9-11(5-7-15-14)10-16-8-6-12-3-1-2-4-13(12)16/h1-5,7,9H,6,8,10H2,(H,15,17). The van der Waals surface area contributed by atoms with Crippen LogP contribution in [0.5, 0.6) is 0 Å². The summed E-state index contributed by atoms with van der Waals surface area (Å²) in [5, 5.41) is 0. The summed E-state index contributed by atoms with van der Waals surface area (Å²) in [7, 11) is 0. The van der Waals surface area contributed by atoms with E-state index in [1.54, 1.807) is 12.3 Å². The first-order valence-corrected chi connectivity index (χ1v) is 5.83. The van der Waals surface area contributed by atoms with E-state index in [-0.39, 0.29) is 5.56 Å². The van der Waals surface area contributed by atoms with Gasteiger partial charge in [0.15, 0.2) is 0 Å². The van der Waals surface area contributed by atoms with Crippen LogP contribution < -0.4 is 10.5 Å². The Bertz CT molecular complexity index is 589. The van der Waals surface area contributed by atoms with Crippen LogP contribution in [0.4, 0.5) is 5.69 Å². The Balaban J connectivity index is 1.86. The lowest BCUT2D eigenvalue weighted by Crippen LogP contribution is -2.20. The van der Waals surface area contributed by atoms with Crippen LogP contribution in [0.25, 0.3) is 0 Å². The van der Waals surface area contributed by atoms with Gasteiger partial charge in [-0.3, -0.25) is 4.79 Å². The van der Waals surface area contributed by atoms with Crippen molar-refractivity contribution in [3.05, 3.63) is 64.1 Å². The number of benzene rings is 1. The van der Waals surface area contributed by atoms with E-state index in [1.807, 2.05) is 6.07 Å². The summed E-state index contributed by atoms with van der Waals surface area (Å²) in [6.07, 6.45) is 2.80. The molecule has 0 spiro atoms. The van der Waals surface area contributed by atoms with Crippen LogP contribution in [0.3, 0.4) is 0 Å². The molecule has 1 aliphatic rings. The highest BCUT2D eigenvalue weighted by molar-refractivity contribution is 5.57. The maximum absolute atomic E-state index is 11.2. The fourth-order valence-electron chi connectivity index (χ4n) is 2.38. The molecule has 0 radical (unpaired) electrons. The van der Waals surface area contributed by atoms with E-state index in [0.717, 1.165) is 25.1 Å². The lowest BCUT2D eigenvalue weighted by atomic mass is 10.2. The minimum Gasteiger partial charge on any atom is -0.367 e. The fraction of sp³-hybridized carbons (Fsp3) is 0.214. The molecule has 3 heteroatoms. The van der Waals surface area contributed by atoms with Crippen LogP contribution in [0.15, 0.2) is 47.4 Å². The molecule has 1 aromatic carbocycles. The number of anilines is 1. The molecule has 2 aromatic rings. The highest BCUT2D eigenvalue weighted by Gasteiger charge is 2.17. The van der Waals surface area contributed by atoms with Gasteiger partial charge < -0.3 is 9.88 Å². The molecule has 3 nitrogen and oxygen atoms in total. The van der Waals surface area contributed by atoms with Gasteiger partial charge in [0.05, 0.1) is 0 Å². The number of fused-ring (bicyclic) bond motifs is 1. The summed E-state index contributed by atoms with van der Waals surface area (Å²) < 4.78 is 0. The number of para-hydroxylation sites is 1. The smallest absolute Gasteiger partial charge is 0.248 e. The molecule has 1 aromatic heterocycles. The summed E-state index contributed by atoms with van der Waals surface area (Å²) >= 11 is 0. The third kappa shape index (κ3) is 1.96. The molecule has 3 rings (SSSR count). The lowest BCUT2D eigenvalue weighted by molar-refractivity contribution is 0.833. The fourth-order valence-corrected chi connectivity index (χ4v) is 2.38. The first kappa shape index (κ1) is 10.1. The van der Waals surface area contributed by atoms with Gasteiger partial charge in [-0.25, -0.2) is 0 Å². The zero-order valence-corrected chi connectivity index (χ0v) is 9.52. The number of nitrogens with one attached hydrogen (secondary N) is 1. The second-order valence-electron chi connectivity index (χ2n) is 4.36. The largest absolute Gasteiger partial charge is 0.367 e. The van der Waals surface area contributed by atoms with Crippen LogP contribution >= 0.6 is 0 Å². The van der Waals surface area contributed by atoms with Crippen molar-refractivity contribution in [2.24, 2.45) is 0 Å². The average molecular weight is 226 g/mol. The molecule has 1 N–H and O–H groups in total. The zero-order valence-electron chi connectivity index (χ0n) is 9.52. The molecule has 0 amide bonds. The van der Waals surface area contributed by atoms with Gasteiger partial charge in [-0.1, -0.05) is 18.2 Å². The Hall–Kier alpha value is -2.03. The minimum atomic E-state index is -0.0324.